The third kappa shape index (κ3) is 3.21. The molecular formula is C13H24N2O. The van der Waals surface area contributed by atoms with Gasteiger partial charge in [0.1, 0.15) is 0 Å². The minimum absolute atomic E-state index is 0.287. The fourth-order valence-corrected chi connectivity index (χ4v) is 3.04. The summed E-state index contributed by atoms with van der Waals surface area (Å²) < 4.78 is 0. The Balaban J connectivity index is 1.71. The molecule has 2 atom stereocenters. The van der Waals surface area contributed by atoms with Gasteiger partial charge in [-0.15, -0.1) is 0 Å². The zero-order valence-electron chi connectivity index (χ0n) is 10.4. The highest BCUT2D eigenvalue weighted by Crippen LogP contribution is 2.30. The van der Waals surface area contributed by atoms with Gasteiger partial charge < -0.3 is 10.2 Å². The van der Waals surface area contributed by atoms with Crippen LogP contribution < -0.4 is 5.32 Å². The van der Waals surface area contributed by atoms with E-state index in [1.165, 1.54) is 32.1 Å². The van der Waals surface area contributed by atoms with Gasteiger partial charge in [0.15, 0.2) is 0 Å². The van der Waals surface area contributed by atoms with Crippen LogP contribution in [0.1, 0.15) is 39.0 Å². The van der Waals surface area contributed by atoms with Crippen molar-refractivity contribution in [2.45, 2.75) is 39.0 Å². The van der Waals surface area contributed by atoms with Gasteiger partial charge in [-0.25, -0.2) is 0 Å². The topological polar surface area (TPSA) is 32.3 Å². The quantitative estimate of drug-likeness (QED) is 0.790. The van der Waals surface area contributed by atoms with Crippen LogP contribution in [-0.2, 0) is 4.79 Å². The molecule has 1 amide bonds. The smallest absolute Gasteiger partial charge is 0.236 e. The van der Waals surface area contributed by atoms with Crippen molar-refractivity contribution in [1.29, 1.82) is 0 Å². The number of hydrogen-bond donors (Lipinski definition) is 1. The first kappa shape index (κ1) is 11.9. The third-order valence-electron chi connectivity index (χ3n) is 4.04. The normalized spacial score (nSPS) is 31.8. The Morgan fingerprint density at radius 1 is 1.44 bits per heavy atom. The van der Waals surface area contributed by atoms with Crippen LogP contribution in [-0.4, -0.2) is 37.0 Å². The van der Waals surface area contributed by atoms with Crippen molar-refractivity contribution in [1.82, 2.24) is 10.2 Å². The molecule has 0 aromatic carbocycles. The molecule has 2 unspecified atom stereocenters. The predicted octanol–water partition coefficient (Wildman–Crippen LogP) is 1.63. The molecule has 16 heavy (non-hydrogen) atoms. The number of carbonyl (C=O) groups excluding carboxylic acids is 1. The molecule has 1 saturated heterocycles. The summed E-state index contributed by atoms with van der Waals surface area (Å²) in [5, 5.41) is 3.12. The summed E-state index contributed by atoms with van der Waals surface area (Å²) in [6, 6.07) is 0. The van der Waals surface area contributed by atoms with E-state index in [4.69, 9.17) is 0 Å². The average molecular weight is 224 g/mol. The van der Waals surface area contributed by atoms with Gasteiger partial charge in [-0.05, 0) is 24.7 Å². The molecular weight excluding hydrogens is 200 g/mol. The molecule has 2 fully saturated rings. The SMILES string of the molecule is CC1CCCC(CCN2CCNCC2=O)C1. The lowest BCUT2D eigenvalue weighted by atomic mass is 9.81. The first-order valence-electron chi connectivity index (χ1n) is 6.74. The molecule has 3 nitrogen and oxygen atoms in total. The van der Waals surface area contributed by atoms with Crippen molar-refractivity contribution < 1.29 is 4.79 Å². The largest absolute Gasteiger partial charge is 0.340 e. The summed E-state index contributed by atoms with van der Waals surface area (Å²) in [4.78, 5) is 13.6. The van der Waals surface area contributed by atoms with Crippen LogP contribution in [0.15, 0.2) is 0 Å². The average Bonchev–Trinajstić information content (AvgIpc) is 2.28. The predicted molar refractivity (Wildman–Crippen MR) is 65.2 cm³/mol. The van der Waals surface area contributed by atoms with Gasteiger partial charge in [-0.3, -0.25) is 4.79 Å². The van der Waals surface area contributed by atoms with Crippen molar-refractivity contribution in [2.75, 3.05) is 26.2 Å². The van der Waals surface area contributed by atoms with E-state index in [9.17, 15) is 4.79 Å². The van der Waals surface area contributed by atoms with E-state index >= 15 is 0 Å². The summed E-state index contributed by atoms with van der Waals surface area (Å²) in [5.74, 6) is 2.05. The van der Waals surface area contributed by atoms with Crippen LogP contribution in [0.5, 0.6) is 0 Å². The number of nitrogens with one attached hydrogen (secondary N) is 1. The molecule has 1 aliphatic heterocycles. The lowest BCUT2D eigenvalue weighted by Gasteiger charge is -2.31. The van der Waals surface area contributed by atoms with E-state index in [1.54, 1.807) is 0 Å². The fraction of sp³-hybridized carbons (Fsp3) is 0.923. The highest BCUT2D eigenvalue weighted by atomic mass is 16.2. The molecule has 1 N–H and O–H groups in total. The van der Waals surface area contributed by atoms with Crippen molar-refractivity contribution in [3.8, 4) is 0 Å². The van der Waals surface area contributed by atoms with Gasteiger partial charge in [-0.2, -0.15) is 0 Å². The van der Waals surface area contributed by atoms with E-state index in [0.29, 0.717) is 6.54 Å². The number of rotatable bonds is 3. The number of carbonyl (C=O) groups is 1. The summed E-state index contributed by atoms with van der Waals surface area (Å²) in [7, 11) is 0. The first-order chi connectivity index (χ1) is 7.75. The van der Waals surface area contributed by atoms with Gasteiger partial charge in [0.05, 0.1) is 6.54 Å². The molecule has 1 aliphatic carbocycles. The van der Waals surface area contributed by atoms with Crippen LogP contribution in [0, 0.1) is 11.8 Å². The minimum Gasteiger partial charge on any atom is -0.340 e. The van der Waals surface area contributed by atoms with Crippen LogP contribution in [0.25, 0.3) is 0 Å². The van der Waals surface area contributed by atoms with Crippen molar-refractivity contribution >= 4 is 5.91 Å². The highest BCUT2D eigenvalue weighted by molar-refractivity contribution is 5.78. The monoisotopic (exact) mass is 224 g/mol. The minimum atomic E-state index is 0.287. The van der Waals surface area contributed by atoms with Crippen LogP contribution >= 0.6 is 0 Å². The lowest BCUT2D eigenvalue weighted by molar-refractivity contribution is -0.132. The first-order valence-corrected chi connectivity index (χ1v) is 6.74. The molecule has 2 aliphatic rings. The molecule has 1 saturated carbocycles. The summed E-state index contributed by atoms with van der Waals surface area (Å²) in [6.45, 7) is 5.76. The highest BCUT2D eigenvalue weighted by Gasteiger charge is 2.22. The van der Waals surface area contributed by atoms with Gasteiger partial charge in [-0.1, -0.05) is 26.2 Å². The Hall–Kier alpha value is -0.570. The van der Waals surface area contributed by atoms with E-state index in [2.05, 4.69) is 12.2 Å². The molecule has 0 aromatic heterocycles. The maximum absolute atomic E-state index is 11.6. The Kier molecular flexibility index (Phi) is 4.22. The zero-order chi connectivity index (χ0) is 11.4. The number of amides is 1. The van der Waals surface area contributed by atoms with Crippen molar-refractivity contribution in [3.05, 3.63) is 0 Å². The molecule has 0 spiro atoms. The van der Waals surface area contributed by atoms with Crippen LogP contribution in [0.3, 0.4) is 0 Å². The van der Waals surface area contributed by atoms with E-state index in [1.807, 2.05) is 4.90 Å². The fourth-order valence-electron chi connectivity index (χ4n) is 3.04. The van der Waals surface area contributed by atoms with Crippen molar-refractivity contribution in [3.63, 3.8) is 0 Å². The molecule has 0 aromatic rings. The zero-order valence-corrected chi connectivity index (χ0v) is 10.4. The molecule has 92 valence electrons. The summed E-state index contributed by atoms with van der Waals surface area (Å²) in [5.41, 5.74) is 0. The Morgan fingerprint density at radius 2 is 2.31 bits per heavy atom. The standard InChI is InChI=1S/C13H24N2O/c1-11-3-2-4-12(9-11)5-7-15-8-6-14-10-13(15)16/h11-12,14H,2-10H2,1H3. The Morgan fingerprint density at radius 3 is 3.06 bits per heavy atom. The third-order valence-corrected chi connectivity index (χ3v) is 4.04. The second-order valence-corrected chi connectivity index (χ2v) is 5.48. The van der Waals surface area contributed by atoms with E-state index in [-0.39, 0.29) is 5.91 Å². The molecule has 2 rings (SSSR count). The Bertz CT molecular complexity index is 242. The van der Waals surface area contributed by atoms with Gasteiger partial charge in [0, 0.05) is 19.6 Å². The van der Waals surface area contributed by atoms with Gasteiger partial charge in [0.25, 0.3) is 0 Å². The van der Waals surface area contributed by atoms with Gasteiger partial charge >= 0.3 is 0 Å². The van der Waals surface area contributed by atoms with Gasteiger partial charge in [0.2, 0.25) is 5.91 Å². The van der Waals surface area contributed by atoms with E-state index < -0.39 is 0 Å². The van der Waals surface area contributed by atoms with E-state index in [0.717, 1.165) is 31.5 Å². The number of nitrogens with zero attached hydrogens (tertiary/aromatic N) is 1. The second kappa shape index (κ2) is 5.67. The Labute approximate surface area is 98.6 Å². The van der Waals surface area contributed by atoms with Crippen LogP contribution in [0.4, 0.5) is 0 Å². The second-order valence-electron chi connectivity index (χ2n) is 5.48. The summed E-state index contributed by atoms with van der Waals surface area (Å²) in [6.07, 6.45) is 6.77. The molecule has 1 heterocycles. The maximum Gasteiger partial charge on any atom is 0.236 e. The number of piperazine rings is 1. The van der Waals surface area contributed by atoms with Crippen LogP contribution in [0.2, 0.25) is 0 Å². The molecule has 3 heteroatoms. The number of hydrogen-bond acceptors (Lipinski definition) is 2. The maximum atomic E-state index is 11.6. The lowest BCUT2D eigenvalue weighted by Crippen LogP contribution is -2.48. The molecule has 0 bridgehead atoms. The van der Waals surface area contributed by atoms with Crippen molar-refractivity contribution in [2.24, 2.45) is 11.8 Å². The molecule has 0 radical (unpaired) electrons. The summed E-state index contributed by atoms with van der Waals surface area (Å²) >= 11 is 0.